The van der Waals surface area contributed by atoms with Crippen molar-refractivity contribution in [3.05, 3.63) is 12.1 Å². The lowest BCUT2D eigenvalue weighted by Gasteiger charge is -2.25. The topological polar surface area (TPSA) is 60.2 Å². The number of rotatable bonds is 5. The Kier molecular flexibility index (Phi) is 3.49. The molecule has 88 valence electrons. The fraction of sp³-hybridized carbons (Fsp3) is 0.583. The van der Waals surface area contributed by atoms with Gasteiger partial charge in [-0.1, -0.05) is 19.3 Å². The van der Waals surface area contributed by atoms with Crippen LogP contribution in [0.2, 0.25) is 0 Å². The van der Waals surface area contributed by atoms with E-state index in [4.69, 9.17) is 10.5 Å². The fourth-order valence-corrected chi connectivity index (χ4v) is 1.88. The van der Waals surface area contributed by atoms with E-state index in [2.05, 4.69) is 10.3 Å². The minimum absolute atomic E-state index is 0.598. The number of anilines is 2. The fourth-order valence-electron chi connectivity index (χ4n) is 1.88. The number of aromatic nitrogens is 1. The van der Waals surface area contributed by atoms with Crippen LogP contribution in [0.4, 0.5) is 11.5 Å². The van der Waals surface area contributed by atoms with Gasteiger partial charge in [-0.05, 0) is 18.4 Å². The summed E-state index contributed by atoms with van der Waals surface area (Å²) in [7, 11) is 1.61. The van der Waals surface area contributed by atoms with E-state index in [0.29, 0.717) is 11.6 Å². The normalized spacial score (nSPS) is 15.6. The zero-order valence-corrected chi connectivity index (χ0v) is 9.70. The molecule has 0 aliphatic heterocycles. The van der Waals surface area contributed by atoms with Crippen LogP contribution in [0.25, 0.3) is 0 Å². The van der Waals surface area contributed by atoms with Gasteiger partial charge in [0.2, 0.25) is 5.88 Å². The van der Waals surface area contributed by atoms with Crippen molar-refractivity contribution in [2.45, 2.75) is 25.7 Å². The van der Waals surface area contributed by atoms with Gasteiger partial charge in [-0.3, -0.25) is 0 Å². The molecule has 0 spiro atoms. The van der Waals surface area contributed by atoms with Crippen molar-refractivity contribution >= 4 is 11.5 Å². The quantitative estimate of drug-likeness (QED) is 0.800. The molecule has 1 aromatic rings. The van der Waals surface area contributed by atoms with Gasteiger partial charge in [0.15, 0.2) is 5.82 Å². The van der Waals surface area contributed by atoms with E-state index in [-0.39, 0.29) is 0 Å². The number of nitrogens with two attached hydrogens (primary N) is 1. The summed E-state index contributed by atoms with van der Waals surface area (Å²) in [6.45, 7) is 0.940. The first-order valence-corrected chi connectivity index (χ1v) is 5.84. The molecule has 1 aromatic heterocycles. The summed E-state index contributed by atoms with van der Waals surface area (Å²) in [6.07, 6.45) is 5.36. The second-order valence-electron chi connectivity index (χ2n) is 4.30. The standard InChI is InChI=1S/C12H19N3O/c1-16-11-6-5-10(13)12(15-11)14-8-7-9-3-2-4-9/h5-6,9H,2-4,7-8,13H2,1H3,(H,14,15). The number of hydrogen-bond donors (Lipinski definition) is 2. The monoisotopic (exact) mass is 221 g/mol. The maximum Gasteiger partial charge on any atom is 0.215 e. The van der Waals surface area contributed by atoms with Crippen molar-refractivity contribution in [1.82, 2.24) is 4.98 Å². The zero-order valence-electron chi connectivity index (χ0n) is 9.70. The van der Waals surface area contributed by atoms with Gasteiger partial charge in [-0.2, -0.15) is 4.98 Å². The van der Waals surface area contributed by atoms with Crippen LogP contribution in [-0.2, 0) is 0 Å². The second-order valence-corrected chi connectivity index (χ2v) is 4.30. The molecule has 2 rings (SSSR count). The molecule has 1 heterocycles. The van der Waals surface area contributed by atoms with Crippen molar-refractivity contribution in [2.75, 3.05) is 24.7 Å². The second kappa shape index (κ2) is 5.05. The SMILES string of the molecule is COc1ccc(N)c(NCCC2CCC2)n1. The van der Waals surface area contributed by atoms with E-state index >= 15 is 0 Å². The van der Waals surface area contributed by atoms with E-state index < -0.39 is 0 Å². The van der Waals surface area contributed by atoms with Crippen LogP contribution >= 0.6 is 0 Å². The molecule has 0 amide bonds. The van der Waals surface area contributed by atoms with Crippen LogP contribution in [0.15, 0.2) is 12.1 Å². The molecule has 0 radical (unpaired) electrons. The molecule has 16 heavy (non-hydrogen) atoms. The van der Waals surface area contributed by atoms with Gasteiger partial charge in [0, 0.05) is 12.6 Å². The highest BCUT2D eigenvalue weighted by Gasteiger charge is 2.16. The summed E-state index contributed by atoms with van der Waals surface area (Å²) in [4.78, 5) is 4.27. The highest BCUT2D eigenvalue weighted by Crippen LogP contribution is 2.29. The molecule has 1 fully saturated rings. The number of nitrogens with zero attached hydrogens (tertiary/aromatic N) is 1. The minimum Gasteiger partial charge on any atom is -0.481 e. The zero-order chi connectivity index (χ0) is 11.4. The van der Waals surface area contributed by atoms with E-state index in [1.54, 1.807) is 13.2 Å². The predicted molar refractivity (Wildman–Crippen MR) is 65.6 cm³/mol. The number of methoxy groups -OCH3 is 1. The first kappa shape index (κ1) is 11.0. The van der Waals surface area contributed by atoms with Crippen LogP contribution in [0.3, 0.4) is 0 Å². The van der Waals surface area contributed by atoms with E-state index in [0.717, 1.165) is 18.3 Å². The third-order valence-electron chi connectivity index (χ3n) is 3.18. The summed E-state index contributed by atoms with van der Waals surface area (Å²) < 4.78 is 5.06. The molecule has 0 atom stereocenters. The molecule has 1 aliphatic carbocycles. The Morgan fingerprint density at radius 1 is 1.50 bits per heavy atom. The van der Waals surface area contributed by atoms with Gasteiger partial charge >= 0.3 is 0 Å². The van der Waals surface area contributed by atoms with Crippen molar-refractivity contribution in [2.24, 2.45) is 5.92 Å². The lowest BCUT2D eigenvalue weighted by molar-refractivity contribution is 0.303. The number of ether oxygens (including phenoxy) is 1. The third-order valence-corrected chi connectivity index (χ3v) is 3.18. The van der Waals surface area contributed by atoms with E-state index in [1.807, 2.05) is 6.07 Å². The summed E-state index contributed by atoms with van der Waals surface area (Å²) >= 11 is 0. The Morgan fingerprint density at radius 3 is 2.94 bits per heavy atom. The van der Waals surface area contributed by atoms with Gasteiger partial charge < -0.3 is 15.8 Å². The number of hydrogen-bond acceptors (Lipinski definition) is 4. The Labute approximate surface area is 96.2 Å². The van der Waals surface area contributed by atoms with Crippen LogP contribution < -0.4 is 15.8 Å². The Bertz CT molecular complexity index is 350. The molecule has 4 nitrogen and oxygen atoms in total. The molecule has 0 saturated heterocycles. The Balaban J connectivity index is 1.86. The van der Waals surface area contributed by atoms with Gasteiger partial charge in [0.1, 0.15) is 0 Å². The van der Waals surface area contributed by atoms with Gasteiger partial charge in [0.05, 0.1) is 12.8 Å². The number of nitrogens with one attached hydrogen (secondary N) is 1. The van der Waals surface area contributed by atoms with E-state index in [9.17, 15) is 0 Å². The first-order valence-electron chi connectivity index (χ1n) is 5.84. The van der Waals surface area contributed by atoms with Crippen molar-refractivity contribution < 1.29 is 4.74 Å². The highest BCUT2D eigenvalue weighted by molar-refractivity contribution is 5.61. The molecular weight excluding hydrogens is 202 g/mol. The van der Waals surface area contributed by atoms with E-state index in [1.165, 1.54) is 25.7 Å². The summed E-state index contributed by atoms with van der Waals surface area (Å²) in [6, 6.07) is 3.59. The van der Waals surface area contributed by atoms with Crippen molar-refractivity contribution in [3.63, 3.8) is 0 Å². The third kappa shape index (κ3) is 2.56. The average Bonchev–Trinajstić information content (AvgIpc) is 2.24. The molecular formula is C12H19N3O. The molecule has 0 bridgehead atoms. The molecule has 1 aliphatic rings. The number of pyridine rings is 1. The number of nitrogen functional groups attached to an aromatic ring is 1. The van der Waals surface area contributed by atoms with Gasteiger partial charge in [-0.15, -0.1) is 0 Å². The van der Waals surface area contributed by atoms with Crippen molar-refractivity contribution in [3.8, 4) is 5.88 Å². The van der Waals surface area contributed by atoms with Crippen LogP contribution in [0, 0.1) is 5.92 Å². The maximum atomic E-state index is 5.83. The first-order chi connectivity index (χ1) is 7.79. The largest absolute Gasteiger partial charge is 0.481 e. The van der Waals surface area contributed by atoms with Crippen LogP contribution in [-0.4, -0.2) is 18.6 Å². The minimum atomic E-state index is 0.598. The summed E-state index contributed by atoms with van der Waals surface area (Å²) in [5.41, 5.74) is 6.50. The molecule has 0 aromatic carbocycles. The summed E-state index contributed by atoms with van der Waals surface area (Å²) in [5, 5.41) is 3.27. The van der Waals surface area contributed by atoms with Gasteiger partial charge in [-0.25, -0.2) is 0 Å². The Hall–Kier alpha value is -1.45. The lowest BCUT2D eigenvalue weighted by atomic mass is 9.83. The predicted octanol–water partition coefficient (Wildman–Crippen LogP) is 2.27. The van der Waals surface area contributed by atoms with Crippen molar-refractivity contribution in [1.29, 1.82) is 0 Å². The van der Waals surface area contributed by atoms with Crippen LogP contribution in [0.1, 0.15) is 25.7 Å². The molecule has 1 saturated carbocycles. The smallest absolute Gasteiger partial charge is 0.215 e. The molecule has 0 unspecified atom stereocenters. The maximum absolute atomic E-state index is 5.83. The Morgan fingerprint density at radius 2 is 2.31 bits per heavy atom. The summed E-state index contributed by atoms with van der Waals surface area (Å²) in [5.74, 6) is 2.23. The highest BCUT2D eigenvalue weighted by atomic mass is 16.5. The molecule has 4 heteroatoms. The van der Waals surface area contributed by atoms with Gasteiger partial charge in [0.25, 0.3) is 0 Å². The lowest BCUT2D eigenvalue weighted by Crippen LogP contribution is -2.16. The van der Waals surface area contributed by atoms with Crippen LogP contribution in [0.5, 0.6) is 5.88 Å². The molecule has 3 N–H and O–H groups in total. The average molecular weight is 221 g/mol.